The van der Waals surface area contributed by atoms with E-state index in [0.717, 1.165) is 10.0 Å². The summed E-state index contributed by atoms with van der Waals surface area (Å²) < 4.78 is 0.924. The van der Waals surface area contributed by atoms with Crippen LogP contribution in [-0.4, -0.2) is 11.4 Å². The number of halogens is 1. The minimum atomic E-state index is 0.866. The van der Waals surface area contributed by atoms with Crippen LogP contribution in [0.15, 0.2) is 33.9 Å². The molecular formula is C7H6BrNO. The van der Waals surface area contributed by atoms with Crippen LogP contribution in [0.1, 0.15) is 5.56 Å². The van der Waals surface area contributed by atoms with Crippen LogP contribution in [0.4, 0.5) is 0 Å². The Bertz CT molecular complexity index is 247. The van der Waals surface area contributed by atoms with Gasteiger partial charge in [-0.05, 0) is 6.07 Å². The van der Waals surface area contributed by atoms with Crippen molar-refractivity contribution in [3.8, 4) is 0 Å². The lowest BCUT2D eigenvalue weighted by Crippen LogP contribution is -1.80. The Balaban J connectivity index is 3.03. The molecule has 0 aliphatic heterocycles. The maximum Gasteiger partial charge on any atom is 0.0745 e. The Morgan fingerprint density at radius 2 is 2.10 bits per heavy atom. The van der Waals surface area contributed by atoms with Crippen LogP contribution in [0.3, 0.4) is 0 Å². The van der Waals surface area contributed by atoms with Crippen molar-refractivity contribution < 1.29 is 5.21 Å². The molecule has 10 heavy (non-hydrogen) atoms. The summed E-state index contributed by atoms with van der Waals surface area (Å²) >= 11 is 3.29. The van der Waals surface area contributed by atoms with Crippen LogP contribution in [0.25, 0.3) is 0 Å². The molecule has 0 heterocycles. The first kappa shape index (κ1) is 7.28. The van der Waals surface area contributed by atoms with Gasteiger partial charge in [-0.15, -0.1) is 0 Å². The number of oxime groups is 1. The van der Waals surface area contributed by atoms with Crippen LogP contribution in [0, 0.1) is 0 Å². The number of benzene rings is 1. The van der Waals surface area contributed by atoms with E-state index in [-0.39, 0.29) is 0 Å². The molecule has 0 saturated carbocycles. The lowest BCUT2D eigenvalue weighted by atomic mass is 10.2. The largest absolute Gasteiger partial charge is 0.411 e. The molecular weight excluding hydrogens is 194 g/mol. The third-order valence-corrected chi connectivity index (χ3v) is 1.82. The molecule has 1 aromatic carbocycles. The van der Waals surface area contributed by atoms with Gasteiger partial charge in [0.1, 0.15) is 0 Å². The molecule has 52 valence electrons. The summed E-state index contributed by atoms with van der Waals surface area (Å²) in [4.78, 5) is 0. The van der Waals surface area contributed by atoms with Crippen molar-refractivity contribution >= 4 is 22.1 Å². The summed E-state index contributed by atoms with van der Waals surface area (Å²) in [5.74, 6) is 0. The zero-order chi connectivity index (χ0) is 7.40. The van der Waals surface area contributed by atoms with Gasteiger partial charge in [0.05, 0.1) is 6.21 Å². The number of nitrogens with zero attached hydrogens (tertiary/aromatic N) is 1. The summed E-state index contributed by atoms with van der Waals surface area (Å²) in [5, 5.41) is 11.1. The van der Waals surface area contributed by atoms with E-state index in [0.29, 0.717) is 0 Å². The fourth-order valence-electron chi connectivity index (χ4n) is 0.642. The van der Waals surface area contributed by atoms with E-state index in [1.165, 1.54) is 6.21 Å². The van der Waals surface area contributed by atoms with Gasteiger partial charge in [0.25, 0.3) is 0 Å². The van der Waals surface area contributed by atoms with Crippen molar-refractivity contribution in [3.05, 3.63) is 34.3 Å². The molecule has 0 fully saturated rings. The SMILES string of the molecule is ON=Cc1ccccc1Br. The Morgan fingerprint density at radius 3 is 2.70 bits per heavy atom. The molecule has 0 radical (unpaired) electrons. The average Bonchev–Trinajstić information content (AvgIpc) is 1.94. The van der Waals surface area contributed by atoms with Gasteiger partial charge in [-0.2, -0.15) is 0 Å². The highest BCUT2D eigenvalue weighted by Gasteiger charge is 1.91. The first-order valence-corrected chi connectivity index (χ1v) is 3.56. The number of hydrogen-bond donors (Lipinski definition) is 1. The second-order valence-corrected chi connectivity index (χ2v) is 2.62. The van der Waals surface area contributed by atoms with Gasteiger partial charge >= 0.3 is 0 Å². The fraction of sp³-hybridized carbons (Fsp3) is 0. The second-order valence-electron chi connectivity index (χ2n) is 1.77. The minimum absolute atomic E-state index is 0.866. The molecule has 1 N–H and O–H groups in total. The van der Waals surface area contributed by atoms with E-state index < -0.39 is 0 Å². The van der Waals surface area contributed by atoms with Crippen molar-refractivity contribution in [1.82, 2.24) is 0 Å². The molecule has 1 rings (SSSR count). The van der Waals surface area contributed by atoms with Crippen molar-refractivity contribution in [2.45, 2.75) is 0 Å². The van der Waals surface area contributed by atoms with Gasteiger partial charge in [0.2, 0.25) is 0 Å². The lowest BCUT2D eigenvalue weighted by molar-refractivity contribution is 0.322. The molecule has 0 spiro atoms. The summed E-state index contributed by atoms with van der Waals surface area (Å²) in [5.41, 5.74) is 0.866. The van der Waals surface area contributed by atoms with Gasteiger partial charge in [-0.3, -0.25) is 0 Å². The summed E-state index contributed by atoms with van der Waals surface area (Å²) in [7, 11) is 0. The highest BCUT2D eigenvalue weighted by molar-refractivity contribution is 9.10. The molecule has 0 aliphatic rings. The third kappa shape index (κ3) is 1.57. The highest BCUT2D eigenvalue weighted by Crippen LogP contribution is 2.12. The molecule has 0 aliphatic carbocycles. The van der Waals surface area contributed by atoms with E-state index in [4.69, 9.17) is 5.21 Å². The first-order valence-electron chi connectivity index (χ1n) is 2.76. The summed E-state index contributed by atoms with van der Waals surface area (Å²) in [6.45, 7) is 0. The van der Waals surface area contributed by atoms with Crippen LogP contribution in [0.5, 0.6) is 0 Å². The minimum Gasteiger partial charge on any atom is -0.411 e. The van der Waals surface area contributed by atoms with Gasteiger partial charge in [0, 0.05) is 10.0 Å². The third-order valence-electron chi connectivity index (χ3n) is 1.10. The molecule has 1 aromatic rings. The maximum atomic E-state index is 8.19. The second kappa shape index (κ2) is 3.37. The molecule has 0 aromatic heterocycles. The van der Waals surface area contributed by atoms with Gasteiger partial charge in [-0.1, -0.05) is 39.3 Å². The topological polar surface area (TPSA) is 32.6 Å². The van der Waals surface area contributed by atoms with Crippen LogP contribution < -0.4 is 0 Å². The molecule has 0 amide bonds. The Morgan fingerprint density at radius 1 is 1.40 bits per heavy atom. The van der Waals surface area contributed by atoms with Crippen molar-refractivity contribution in [1.29, 1.82) is 0 Å². The molecule has 0 bridgehead atoms. The Hall–Kier alpha value is -0.830. The number of hydrogen-bond acceptors (Lipinski definition) is 2. The maximum absolute atomic E-state index is 8.19. The normalized spacial score (nSPS) is 10.5. The lowest BCUT2D eigenvalue weighted by Gasteiger charge is -1.92. The standard InChI is InChI=1S/C7H6BrNO/c8-7-4-2-1-3-6(7)5-9-10/h1-5,10H. The van der Waals surface area contributed by atoms with Crippen molar-refractivity contribution in [2.75, 3.05) is 0 Å². The molecule has 2 nitrogen and oxygen atoms in total. The highest BCUT2D eigenvalue weighted by atomic mass is 79.9. The molecule has 0 unspecified atom stereocenters. The quantitative estimate of drug-likeness (QED) is 0.421. The summed E-state index contributed by atoms with van der Waals surface area (Å²) in [6.07, 6.45) is 1.38. The molecule has 0 saturated heterocycles. The zero-order valence-electron chi connectivity index (χ0n) is 5.16. The average molecular weight is 200 g/mol. The van der Waals surface area contributed by atoms with E-state index in [2.05, 4.69) is 21.1 Å². The molecule has 0 atom stereocenters. The Labute approximate surface area is 67.3 Å². The van der Waals surface area contributed by atoms with Crippen LogP contribution in [-0.2, 0) is 0 Å². The predicted octanol–water partition coefficient (Wildman–Crippen LogP) is 2.26. The van der Waals surface area contributed by atoms with Gasteiger partial charge in [0.15, 0.2) is 0 Å². The first-order chi connectivity index (χ1) is 4.84. The van der Waals surface area contributed by atoms with Crippen LogP contribution in [0.2, 0.25) is 0 Å². The van der Waals surface area contributed by atoms with Gasteiger partial charge in [-0.25, -0.2) is 0 Å². The Kier molecular flexibility index (Phi) is 2.45. The number of rotatable bonds is 1. The zero-order valence-corrected chi connectivity index (χ0v) is 6.75. The predicted molar refractivity (Wildman–Crippen MR) is 43.5 cm³/mol. The van der Waals surface area contributed by atoms with Crippen molar-refractivity contribution in [3.63, 3.8) is 0 Å². The van der Waals surface area contributed by atoms with Gasteiger partial charge < -0.3 is 5.21 Å². The summed E-state index contributed by atoms with van der Waals surface area (Å²) in [6, 6.07) is 7.52. The smallest absolute Gasteiger partial charge is 0.0745 e. The van der Waals surface area contributed by atoms with Crippen LogP contribution >= 0.6 is 15.9 Å². The van der Waals surface area contributed by atoms with E-state index in [9.17, 15) is 0 Å². The molecule has 3 heteroatoms. The van der Waals surface area contributed by atoms with E-state index in [1.807, 2.05) is 24.3 Å². The monoisotopic (exact) mass is 199 g/mol. The van der Waals surface area contributed by atoms with Crippen molar-refractivity contribution in [2.24, 2.45) is 5.16 Å². The van der Waals surface area contributed by atoms with E-state index >= 15 is 0 Å². The fourth-order valence-corrected chi connectivity index (χ4v) is 1.03. The van der Waals surface area contributed by atoms with E-state index in [1.54, 1.807) is 0 Å².